The minimum atomic E-state index is -0.906. The molecule has 0 saturated heterocycles. The molecule has 3 N–H and O–H groups in total. The molecule has 0 bridgehead atoms. The van der Waals surface area contributed by atoms with Gasteiger partial charge in [0.1, 0.15) is 0 Å². The summed E-state index contributed by atoms with van der Waals surface area (Å²) in [5.41, 5.74) is 7.70. The fraction of sp³-hybridized carbons (Fsp3) is 0.130. The number of phenolic OH excluding ortho intramolecular Hbond substituents is 1. The van der Waals surface area contributed by atoms with Gasteiger partial charge in [0, 0.05) is 0 Å². The van der Waals surface area contributed by atoms with Crippen LogP contribution in [-0.4, -0.2) is 41.7 Å². The summed E-state index contributed by atoms with van der Waals surface area (Å²) in [6.45, 7) is 4.21. The Morgan fingerprint density at radius 3 is 2.55 bits per heavy atom. The fourth-order valence-electron chi connectivity index (χ4n) is 3.02. The van der Waals surface area contributed by atoms with E-state index in [1.165, 1.54) is 0 Å². The van der Waals surface area contributed by atoms with Gasteiger partial charge in [0.2, 0.25) is 0 Å². The zero-order valence-electron chi connectivity index (χ0n) is 17.0. The predicted molar refractivity (Wildman–Crippen MR) is 125 cm³/mol. The molecule has 0 aliphatic heterocycles. The van der Waals surface area contributed by atoms with Crippen LogP contribution in [0.4, 0.5) is 0 Å². The number of hydrogen-bond acceptors (Lipinski definition) is 6. The standard InChI is InChI=1S/C23H21AsN4O2S/c1-13(2)19-9-8-17-21(26-12-27-23(17)28-19)24-18-11-14(22(25)30)3-10-20(18)31-16-6-4-15(29)5-7-16/h3-13,24,29H,1-2H3,(H2,25,30). The number of aromatic nitrogens is 3. The second-order valence-electron chi connectivity index (χ2n) is 7.28. The molecule has 0 saturated carbocycles. The van der Waals surface area contributed by atoms with Crippen LogP contribution in [-0.2, 0) is 0 Å². The van der Waals surface area contributed by atoms with Gasteiger partial charge in [-0.1, -0.05) is 0 Å². The third kappa shape index (κ3) is 4.89. The monoisotopic (exact) mass is 492 g/mol. The summed E-state index contributed by atoms with van der Waals surface area (Å²) < 4.78 is 2.02. The van der Waals surface area contributed by atoms with Crippen molar-refractivity contribution in [3.8, 4) is 5.75 Å². The van der Waals surface area contributed by atoms with Crippen molar-refractivity contribution in [1.82, 2.24) is 15.0 Å². The Morgan fingerprint density at radius 2 is 1.84 bits per heavy atom. The van der Waals surface area contributed by atoms with Crippen molar-refractivity contribution in [2.75, 3.05) is 0 Å². The number of aromatic hydroxyl groups is 1. The molecule has 0 aliphatic carbocycles. The van der Waals surface area contributed by atoms with Gasteiger partial charge in [0.25, 0.3) is 0 Å². The number of benzene rings is 2. The number of carbonyl (C=O) groups excluding carboxylic acids is 1. The molecule has 2 aromatic heterocycles. The van der Waals surface area contributed by atoms with Crippen LogP contribution in [0.5, 0.6) is 5.75 Å². The summed E-state index contributed by atoms with van der Waals surface area (Å²) in [6.07, 6.45) is 1.56. The van der Waals surface area contributed by atoms with Crippen molar-refractivity contribution in [2.24, 2.45) is 5.73 Å². The third-order valence-corrected chi connectivity index (χ3v) is 8.92. The Morgan fingerprint density at radius 1 is 1.06 bits per heavy atom. The maximum atomic E-state index is 11.8. The fourth-order valence-corrected chi connectivity index (χ4v) is 6.83. The van der Waals surface area contributed by atoms with E-state index in [0.717, 1.165) is 29.7 Å². The van der Waals surface area contributed by atoms with E-state index in [0.29, 0.717) is 17.1 Å². The van der Waals surface area contributed by atoms with Crippen molar-refractivity contribution >= 4 is 53.3 Å². The molecule has 6 nitrogen and oxygen atoms in total. The molecule has 4 rings (SSSR count). The van der Waals surface area contributed by atoms with Crippen LogP contribution in [0.3, 0.4) is 0 Å². The summed E-state index contributed by atoms with van der Waals surface area (Å²) in [4.78, 5) is 27.4. The van der Waals surface area contributed by atoms with Crippen LogP contribution < -0.4 is 14.6 Å². The number of pyridine rings is 1. The van der Waals surface area contributed by atoms with Crippen LogP contribution in [0.25, 0.3) is 11.0 Å². The number of hydrogen-bond donors (Lipinski definition) is 2. The quantitative estimate of drug-likeness (QED) is 0.401. The van der Waals surface area contributed by atoms with Gasteiger partial charge in [0.15, 0.2) is 0 Å². The van der Waals surface area contributed by atoms with Crippen LogP contribution in [0.15, 0.2) is 70.7 Å². The van der Waals surface area contributed by atoms with Gasteiger partial charge < -0.3 is 0 Å². The number of nitrogens with two attached hydrogens (primary N) is 1. The van der Waals surface area contributed by atoms with Gasteiger partial charge in [-0.25, -0.2) is 0 Å². The van der Waals surface area contributed by atoms with Gasteiger partial charge in [-0.2, -0.15) is 0 Å². The summed E-state index contributed by atoms with van der Waals surface area (Å²) in [7, 11) is 0. The van der Waals surface area contributed by atoms with Crippen LogP contribution in [0.1, 0.15) is 35.8 Å². The van der Waals surface area contributed by atoms with Crippen LogP contribution in [0, 0.1) is 0 Å². The number of amides is 1. The normalized spacial score (nSPS) is 11.6. The van der Waals surface area contributed by atoms with Gasteiger partial charge in [-0.05, 0) is 0 Å². The summed E-state index contributed by atoms with van der Waals surface area (Å²) in [5, 5.41) is 10.5. The number of fused-ring (bicyclic) bond motifs is 1. The zero-order chi connectivity index (χ0) is 22.0. The van der Waals surface area contributed by atoms with E-state index in [1.807, 2.05) is 36.4 Å². The second-order valence-corrected chi connectivity index (χ2v) is 11.0. The average molecular weight is 492 g/mol. The molecule has 0 spiro atoms. The van der Waals surface area contributed by atoms with Crippen molar-refractivity contribution in [1.29, 1.82) is 0 Å². The van der Waals surface area contributed by atoms with E-state index >= 15 is 0 Å². The summed E-state index contributed by atoms with van der Waals surface area (Å²) in [6, 6.07) is 16.7. The molecule has 31 heavy (non-hydrogen) atoms. The first-order chi connectivity index (χ1) is 14.9. The molecule has 1 amide bonds. The Hall–Kier alpha value is -2.89. The first-order valence-corrected chi connectivity index (χ1v) is 12.6. The van der Waals surface area contributed by atoms with E-state index in [1.54, 1.807) is 36.3 Å². The Balaban J connectivity index is 1.75. The molecule has 8 heteroatoms. The Kier molecular flexibility index (Phi) is 6.25. The first kappa shape index (κ1) is 21.3. The molecular weight excluding hydrogens is 471 g/mol. The predicted octanol–water partition coefficient (Wildman–Crippen LogP) is 2.49. The Labute approximate surface area is 191 Å². The number of carbonyl (C=O) groups is 1. The summed E-state index contributed by atoms with van der Waals surface area (Å²) in [5.74, 6) is 0.0898. The molecule has 0 aliphatic rings. The van der Waals surface area contributed by atoms with E-state index in [2.05, 4.69) is 28.8 Å². The Bertz CT molecular complexity index is 1260. The topological polar surface area (TPSA) is 102 Å². The van der Waals surface area contributed by atoms with Gasteiger partial charge >= 0.3 is 191 Å². The molecule has 0 radical (unpaired) electrons. The third-order valence-electron chi connectivity index (χ3n) is 4.69. The van der Waals surface area contributed by atoms with Crippen molar-refractivity contribution in [2.45, 2.75) is 29.6 Å². The second kappa shape index (κ2) is 9.08. The van der Waals surface area contributed by atoms with Crippen molar-refractivity contribution in [3.63, 3.8) is 0 Å². The van der Waals surface area contributed by atoms with Gasteiger partial charge in [-0.3, -0.25) is 0 Å². The molecule has 1 unspecified atom stereocenters. The molecule has 4 aromatic rings. The number of primary amides is 1. The molecular formula is C23H21AsN4O2S. The van der Waals surface area contributed by atoms with Crippen molar-refractivity contribution in [3.05, 3.63) is 72.2 Å². The van der Waals surface area contributed by atoms with Crippen LogP contribution in [0.2, 0.25) is 0 Å². The maximum absolute atomic E-state index is 11.8. The SMILES string of the molecule is CC(C)c1ccc2c([AsH]c3cc(C(N)=O)ccc3Sc3ccc(O)cc3)ncnc2n1. The van der Waals surface area contributed by atoms with E-state index in [-0.39, 0.29) is 5.75 Å². The molecule has 0 fully saturated rings. The molecule has 2 aromatic carbocycles. The number of nitrogens with zero attached hydrogens (tertiary/aromatic N) is 3. The first-order valence-electron chi connectivity index (χ1n) is 9.70. The number of phenols is 1. The summed E-state index contributed by atoms with van der Waals surface area (Å²) >= 11 is 0.677. The average Bonchev–Trinajstić information content (AvgIpc) is 2.76. The van der Waals surface area contributed by atoms with Gasteiger partial charge in [-0.15, -0.1) is 0 Å². The van der Waals surface area contributed by atoms with Gasteiger partial charge in [0.05, 0.1) is 0 Å². The van der Waals surface area contributed by atoms with E-state index in [9.17, 15) is 9.90 Å². The van der Waals surface area contributed by atoms with E-state index < -0.39 is 21.7 Å². The molecule has 1 atom stereocenters. The molecule has 156 valence electrons. The molecule has 2 heterocycles. The zero-order valence-corrected chi connectivity index (χ0v) is 19.9. The number of rotatable bonds is 6. The van der Waals surface area contributed by atoms with E-state index in [4.69, 9.17) is 5.73 Å². The van der Waals surface area contributed by atoms with Crippen molar-refractivity contribution < 1.29 is 9.90 Å². The minimum absolute atomic E-state index is 0.225. The van der Waals surface area contributed by atoms with Crippen LogP contribution >= 0.6 is 11.8 Å².